The van der Waals surface area contributed by atoms with Gasteiger partial charge in [-0.25, -0.2) is 4.98 Å². The van der Waals surface area contributed by atoms with Gasteiger partial charge in [0, 0.05) is 47.3 Å². The van der Waals surface area contributed by atoms with E-state index in [4.69, 9.17) is 4.74 Å². The van der Waals surface area contributed by atoms with Gasteiger partial charge in [0.15, 0.2) is 0 Å². The van der Waals surface area contributed by atoms with Crippen molar-refractivity contribution in [3.05, 3.63) is 82.7 Å². The first kappa shape index (κ1) is 21.2. The van der Waals surface area contributed by atoms with Crippen LogP contribution in [0.15, 0.2) is 65.8 Å². The van der Waals surface area contributed by atoms with Crippen molar-refractivity contribution in [1.82, 2.24) is 25.3 Å². The Morgan fingerprint density at radius 3 is 2.78 bits per heavy atom. The summed E-state index contributed by atoms with van der Waals surface area (Å²) < 4.78 is 5.83. The van der Waals surface area contributed by atoms with Gasteiger partial charge in [-0.3, -0.25) is 19.6 Å². The molecule has 8 heteroatoms. The zero-order chi connectivity index (χ0) is 22.3. The predicted molar refractivity (Wildman–Crippen MR) is 121 cm³/mol. The maximum absolute atomic E-state index is 12.5. The molecule has 0 aliphatic rings. The van der Waals surface area contributed by atoms with Crippen LogP contribution in [0.1, 0.15) is 17.7 Å². The van der Waals surface area contributed by atoms with Crippen LogP contribution in [0.3, 0.4) is 0 Å². The number of ether oxygens (including phenoxy) is 1. The van der Waals surface area contributed by atoms with Gasteiger partial charge in [-0.15, -0.1) is 0 Å². The molecule has 3 heterocycles. The van der Waals surface area contributed by atoms with Gasteiger partial charge in [0.2, 0.25) is 5.91 Å². The van der Waals surface area contributed by atoms with E-state index in [0.717, 1.165) is 16.7 Å². The van der Waals surface area contributed by atoms with E-state index in [1.165, 1.54) is 0 Å². The van der Waals surface area contributed by atoms with E-state index in [1.54, 1.807) is 31.6 Å². The highest BCUT2D eigenvalue weighted by molar-refractivity contribution is 5.84. The number of carbonyl (C=O) groups excluding carboxylic acids is 1. The molecule has 1 aromatic carbocycles. The van der Waals surface area contributed by atoms with Crippen molar-refractivity contribution < 1.29 is 9.53 Å². The smallest absolute Gasteiger partial charge is 0.255 e. The standard InChI is InChI=1S/C24H23N5O3/c1-16-19(24(31)29-23(28-16)18-8-3-10-25-15-18)14-21(30)26-12-5-13-32-20-9-2-6-17-7-4-11-27-22(17)20/h2-4,6-11,15H,5,12-14H2,1H3,(H,26,30)(H,28,29,31). The van der Waals surface area contributed by atoms with Gasteiger partial charge in [0.25, 0.3) is 5.56 Å². The van der Waals surface area contributed by atoms with Gasteiger partial charge in [0.05, 0.1) is 13.0 Å². The minimum Gasteiger partial charge on any atom is -0.491 e. The number of pyridine rings is 2. The van der Waals surface area contributed by atoms with E-state index in [-0.39, 0.29) is 17.9 Å². The van der Waals surface area contributed by atoms with Crippen LogP contribution in [-0.4, -0.2) is 39.0 Å². The van der Waals surface area contributed by atoms with Crippen molar-refractivity contribution >= 4 is 16.8 Å². The first-order chi connectivity index (χ1) is 15.6. The van der Waals surface area contributed by atoms with Crippen molar-refractivity contribution in [3.8, 4) is 17.1 Å². The third-order valence-electron chi connectivity index (χ3n) is 4.99. The Balaban J connectivity index is 1.28. The molecule has 8 nitrogen and oxygen atoms in total. The number of rotatable bonds is 8. The van der Waals surface area contributed by atoms with E-state index >= 15 is 0 Å². The number of hydrogen-bond acceptors (Lipinski definition) is 6. The second-order valence-corrected chi connectivity index (χ2v) is 7.28. The monoisotopic (exact) mass is 429 g/mol. The van der Waals surface area contributed by atoms with E-state index in [9.17, 15) is 9.59 Å². The quantitative estimate of drug-likeness (QED) is 0.417. The van der Waals surface area contributed by atoms with Crippen LogP contribution in [0.2, 0.25) is 0 Å². The summed E-state index contributed by atoms with van der Waals surface area (Å²) in [7, 11) is 0. The minimum atomic E-state index is -0.321. The van der Waals surface area contributed by atoms with Crippen LogP contribution in [-0.2, 0) is 11.2 Å². The highest BCUT2D eigenvalue weighted by atomic mass is 16.5. The lowest BCUT2D eigenvalue weighted by atomic mass is 10.1. The Bertz CT molecular complexity index is 1280. The van der Waals surface area contributed by atoms with Gasteiger partial charge in [-0.05, 0) is 37.6 Å². The number of nitrogens with one attached hydrogen (secondary N) is 2. The van der Waals surface area contributed by atoms with E-state index in [0.29, 0.717) is 42.2 Å². The second-order valence-electron chi connectivity index (χ2n) is 7.28. The average Bonchev–Trinajstić information content (AvgIpc) is 2.81. The summed E-state index contributed by atoms with van der Waals surface area (Å²) in [5.74, 6) is 0.919. The molecule has 4 aromatic rings. The van der Waals surface area contributed by atoms with Crippen molar-refractivity contribution in [2.45, 2.75) is 19.8 Å². The highest BCUT2D eigenvalue weighted by Gasteiger charge is 2.13. The number of carbonyl (C=O) groups is 1. The Morgan fingerprint density at radius 2 is 1.97 bits per heavy atom. The number of benzene rings is 1. The van der Waals surface area contributed by atoms with Crippen LogP contribution >= 0.6 is 0 Å². The lowest BCUT2D eigenvalue weighted by molar-refractivity contribution is -0.120. The summed E-state index contributed by atoms with van der Waals surface area (Å²) in [5.41, 5.74) is 2.09. The molecule has 32 heavy (non-hydrogen) atoms. The van der Waals surface area contributed by atoms with Crippen LogP contribution in [0.5, 0.6) is 5.75 Å². The number of nitrogens with zero attached hydrogens (tertiary/aromatic N) is 3. The number of aromatic nitrogens is 4. The van der Waals surface area contributed by atoms with Crippen LogP contribution < -0.4 is 15.6 Å². The molecule has 0 saturated heterocycles. The third-order valence-corrected chi connectivity index (χ3v) is 4.99. The van der Waals surface area contributed by atoms with Crippen molar-refractivity contribution in [2.75, 3.05) is 13.2 Å². The fourth-order valence-electron chi connectivity index (χ4n) is 3.36. The van der Waals surface area contributed by atoms with Gasteiger partial charge >= 0.3 is 0 Å². The zero-order valence-corrected chi connectivity index (χ0v) is 17.7. The van der Waals surface area contributed by atoms with E-state index in [2.05, 4.69) is 25.3 Å². The molecule has 0 radical (unpaired) electrons. The number of aromatic amines is 1. The van der Waals surface area contributed by atoms with Crippen molar-refractivity contribution in [3.63, 3.8) is 0 Å². The molecule has 0 unspecified atom stereocenters. The molecule has 0 aliphatic heterocycles. The molecule has 0 bridgehead atoms. The molecule has 0 spiro atoms. The van der Waals surface area contributed by atoms with Gasteiger partial charge in [-0.2, -0.15) is 0 Å². The number of hydrogen-bond donors (Lipinski definition) is 2. The Hall–Kier alpha value is -4.07. The van der Waals surface area contributed by atoms with Crippen LogP contribution in [0.25, 0.3) is 22.3 Å². The predicted octanol–water partition coefficient (Wildman–Crippen LogP) is 2.82. The number of amides is 1. The summed E-state index contributed by atoms with van der Waals surface area (Å²) in [6.45, 7) is 2.61. The molecule has 162 valence electrons. The first-order valence-corrected chi connectivity index (χ1v) is 10.4. The van der Waals surface area contributed by atoms with E-state index in [1.807, 2.05) is 36.4 Å². The summed E-state index contributed by atoms with van der Waals surface area (Å²) in [6, 6.07) is 13.2. The molecule has 0 aliphatic carbocycles. The summed E-state index contributed by atoms with van der Waals surface area (Å²) in [4.78, 5) is 40.4. The molecular formula is C24H23N5O3. The van der Waals surface area contributed by atoms with E-state index < -0.39 is 0 Å². The molecule has 0 atom stereocenters. The fourth-order valence-corrected chi connectivity index (χ4v) is 3.36. The SMILES string of the molecule is Cc1nc(-c2cccnc2)[nH]c(=O)c1CC(=O)NCCCOc1cccc2cccnc12. The zero-order valence-electron chi connectivity index (χ0n) is 17.7. The Labute approximate surface area is 184 Å². The largest absolute Gasteiger partial charge is 0.491 e. The van der Waals surface area contributed by atoms with Gasteiger partial charge in [0.1, 0.15) is 17.1 Å². The van der Waals surface area contributed by atoms with Crippen LogP contribution in [0, 0.1) is 6.92 Å². The first-order valence-electron chi connectivity index (χ1n) is 10.4. The third kappa shape index (κ3) is 4.97. The second kappa shape index (κ2) is 9.82. The Kier molecular flexibility index (Phi) is 6.50. The molecule has 0 saturated carbocycles. The fraction of sp³-hybridized carbons (Fsp3) is 0.208. The average molecular weight is 429 g/mol. The molecular weight excluding hydrogens is 406 g/mol. The van der Waals surface area contributed by atoms with Crippen LogP contribution in [0.4, 0.5) is 0 Å². The number of H-pyrrole nitrogens is 1. The highest BCUT2D eigenvalue weighted by Crippen LogP contribution is 2.22. The maximum Gasteiger partial charge on any atom is 0.255 e. The summed E-state index contributed by atoms with van der Waals surface area (Å²) >= 11 is 0. The summed E-state index contributed by atoms with van der Waals surface area (Å²) in [6.07, 6.45) is 5.60. The van der Waals surface area contributed by atoms with Crippen molar-refractivity contribution in [2.24, 2.45) is 0 Å². The molecule has 4 rings (SSSR count). The van der Waals surface area contributed by atoms with Gasteiger partial charge in [-0.1, -0.05) is 18.2 Å². The number of fused-ring (bicyclic) bond motifs is 1. The molecule has 0 fully saturated rings. The lowest BCUT2D eigenvalue weighted by Crippen LogP contribution is -2.30. The topological polar surface area (TPSA) is 110 Å². The van der Waals surface area contributed by atoms with Crippen molar-refractivity contribution in [1.29, 1.82) is 0 Å². The molecule has 3 aromatic heterocycles. The lowest BCUT2D eigenvalue weighted by Gasteiger charge is -2.10. The Morgan fingerprint density at radius 1 is 1.12 bits per heavy atom. The number of aryl methyl sites for hydroxylation is 1. The normalized spacial score (nSPS) is 10.8. The van der Waals surface area contributed by atoms with Gasteiger partial charge < -0.3 is 15.0 Å². The molecule has 1 amide bonds. The summed E-state index contributed by atoms with van der Waals surface area (Å²) in [5, 5.41) is 3.85. The maximum atomic E-state index is 12.5. The minimum absolute atomic E-state index is 0.0322. The number of para-hydroxylation sites is 1. The molecule has 2 N–H and O–H groups in total.